The predicted molar refractivity (Wildman–Crippen MR) is 85.9 cm³/mol. The molecule has 2 atom stereocenters. The Morgan fingerprint density at radius 3 is 3.17 bits per heavy atom. The Kier molecular flexibility index (Phi) is 5.02. The number of nitrogens with zero attached hydrogens (tertiary/aromatic N) is 2. The highest BCUT2D eigenvalue weighted by atomic mass is 35.5. The molecule has 0 radical (unpaired) electrons. The predicted octanol–water partition coefficient (Wildman–Crippen LogP) is 0.338. The van der Waals surface area contributed by atoms with Crippen molar-refractivity contribution in [2.45, 2.75) is 18.9 Å². The van der Waals surface area contributed by atoms with Gasteiger partial charge in [-0.2, -0.15) is 5.10 Å². The third kappa shape index (κ3) is 3.94. The van der Waals surface area contributed by atoms with Crippen molar-refractivity contribution < 1.29 is 9.53 Å². The van der Waals surface area contributed by atoms with E-state index < -0.39 is 5.56 Å². The number of hydrogen-bond donors (Lipinski definition) is 3. The van der Waals surface area contributed by atoms with Gasteiger partial charge in [-0.1, -0.05) is 11.6 Å². The summed E-state index contributed by atoms with van der Waals surface area (Å²) >= 11 is 6.01. The number of carbonyl (C=O) groups is 1. The summed E-state index contributed by atoms with van der Waals surface area (Å²) in [4.78, 5) is 25.4. The number of amides is 2. The maximum Gasteiger partial charge on any atom is 0.315 e. The van der Waals surface area contributed by atoms with Crippen molar-refractivity contribution in [3.05, 3.63) is 21.6 Å². The fourth-order valence-electron chi connectivity index (χ4n) is 2.91. The fourth-order valence-corrected chi connectivity index (χ4v) is 3.12. The molecule has 3 rings (SSSR count). The number of halogens is 1. The van der Waals surface area contributed by atoms with Crippen LogP contribution in [0.25, 0.3) is 0 Å². The maximum absolute atomic E-state index is 11.9. The summed E-state index contributed by atoms with van der Waals surface area (Å²) in [7, 11) is 0. The number of aromatic nitrogens is 2. The Labute approximate surface area is 138 Å². The molecule has 2 fully saturated rings. The third-order valence-electron chi connectivity index (χ3n) is 4.22. The lowest BCUT2D eigenvalue weighted by Gasteiger charge is -2.19. The second kappa shape index (κ2) is 7.18. The quantitative estimate of drug-likeness (QED) is 0.733. The lowest BCUT2D eigenvalue weighted by atomic mass is 10.1. The van der Waals surface area contributed by atoms with E-state index in [0.717, 1.165) is 19.4 Å². The molecule has 3 N–H and O–H groups in total. The number of aromatic amines is 1. The minimum absolute atomic E-state index is 0.0187. The third-order valence-corrected chi connectivity index (χ3v) is 4.58. The number of carbonyl (C=O) groups excluding carboxylic acids is 1. The summed E-state index contributed by atoms with van der Waals surface area (Å²) in [6.07, 6.45) is 3.32. The molecule has 2 saturated heterocycles. The molecule has 0 bridgehead atoms. The van der Waals surface area contributed by atoms with Crippen molar-refractivity contribution in [2.75, 3.05) is 37.7 Å². The number of H-pyrrole nitrogens is 1. The van der Waals surface area contributed by atoms with Gasteiger partial charge in [-0.05, 0) is 12.8 Å². The molecule has 126 valence electrons. The summed E-state index contributed by atoms with van der Waals surface area (Å²) in [6.45, 7) is 3.44. The summed E-state index contributed by atoms with van der Waals surface area (Å²) in [5.74, 6) is 0.404. The first-order valence-electron chi connectivity index (χ1n) is 7.73. The number of urea groups is 1. The van der Waals surface area contributed by atoms with E-state index >= 15 is 0 Å². The lowest BCUT2D eigenvalue weighted by molar-refractivity contribution is 0.185. The van der Waals surface area contributed by atoms with Crippen molar-refractivity contribution in [3.63, 3.8) is 0 Å². The summed E-state index contributed by atoms with van der Waals surface area (Å²) < 4.78 is 5.28. The summed E-state index contributed by atoms with van der Waals surface area (Å²) in [5.41, 5.74) is 0.195. The van der Waals surface area contributed by atoms with Crippen LogP contribution in [0.5, 0.6) is 0 Å². The highest BCUT2D eigenvalue weighted by molar-refractivity contribution is 6.33. The second-order valence-corrected chi connectivity index (χ2v) is 6.29. The van der Waals surface area contributed by atoms with Crippen molar-refractivity contribution in [1.82, 2.24) is 20.8 Å². The molecule has 2 unspecified atom stereocenters. The van der Waals surface area contributed by atoms with Gasteiger partial charge in [0, 0.05) is 38.2 Å². The maximum atomic E-state index is 11.9. The van der Waals surface area contributed by atoms with Crippen molar-refractivity contribution in [1.29, 1.82) is 0 Å². The molecule has 0 saturated carbocycles. The van der Waals surface area contributed by atoms with Crippen molar-refractivity contribution in [3.8, 4) is 0 Å². The molecule has 8 nitrogen and oxygen atoms in total. The zero-order valence-electron chi connectivity index (χ0n) is 12.7. The molecule has 23 heavy (non-hydrogen) atoms. The molecule has 1 aromatic rings. The van der Waals surface area contributed by atoms with Gasteiger partial charge in [0.2, 0.25) is 0 Å². The number of hydrogen-bond acceptors (Lipinski definition) is 5. The molecule has 0 spiro atoms. The molecule has 1 aromatic heterocycles. The van der Waals surface area contributed by atoms with Gasteiger partial charge in [-0.15, -0.1) is 0 Å². The van der Waals surface area contributed by atoms with Crippen LogP contribution in [0.15, 0.2) is 11.0 Å². The summed E-state index contributed by atoms with van der Waals surface area (Å²) in [6, 6.07) is -0.149. The molecule has 2 aliphatic rings. The van der Waals surface area contributed by atoms with Gasteiger partial charge >= 0.3 is 6.03 Å². The standard InChI is InChI=1S/C14H20ClN5O3/c15-12-11(6-17-19-13(12)21)20-3-1-10(7-20)18-14(22)16-5-9-2-4-23-8-9/h6,9-10H,1-5,7-8H2,(H,19,21)(H2,16,18,22). The Hall–Kier alpha value is -1.80. The second-order valence-electron chi connectivity index (χ2n) is 5.91. The van der Waals surface area contributed by atoms with Gasteiger partial charge in [0.15, 0.2) is 0 Å². The van der Waals surface area contributed by atoms with E-state index in [9.17, 15) is 9.59 Å². The van der Waals surface area contributed by atoms with Gasteiger partial charge < -0.3 is 20.3 Å². The largest absolute Gasteiger partial charge is 0.381 e. The van der Waals surface area contributed by atoms with Crippen LogP contribution in [0.3, 0.4) is 0 Å². The highest BCUT2D eigenvalue weighted by Gasteiger charge is 2.26. The Bertz CT molecular complexity index is 617. The van der Waals surface area contributed by atoms with Crippen LogP contribution in [0.2, 0.25) is 5.02 Å². The van der Waals surface area contributed by atoms with Crippen LogP contribution in [-0.2, 0) is 4.74 Å². The van der Waals surface area contributed by atoms with Crippen LogP contribution >= 0.6 is 11.6 Å². The Morgan fingerprint density at radius 1 is 1.52 bits per heavy atom. The molecule has 0 aliphatic carbocycles. The molecule has 2 aliphatic heterocycles. The van der Waals surface area contributed by atoms with E-state index in [1.165, 1.54) is 6.20 Å². The molecule has 9 heteroatoms. The molecule has 3 heterocycles. The van der Waals surface area contributed by atoms with E-state index in [1.807, 2.05) is 4.90 Å². The van der Waals surface area contributed by atoms with Crippen LogP contribution in [-0.4, -0.2) is 55.1 Å². The number of ether oxygens (including phenoxy) is 1. The number of nitrogens with one attached hydrogen (secondary N) is 3. The normalized spacial score (nSPS) is 24.0. The molecular formula is C14H20ClN5O3. The smallest absolute Gasteiger partial charge is 0.315 e. The lowest BCUT2D eigenvalue weighted by Crippen LogP contribution is -2.44. The van der Waals surface area contributed by atoms with Gasteiger partial charge in [-0.25, -0.2) is 9.89 Å². The van der Waals surface area contributed by atoms with Gasteiger partial charge in [-0.3, -0.25) is 4.79 Å². The fraction of sp³-hybridized carbons (Fsp3) is 0.643. The first kappa shape index (κ1) is 16.1. The van der Waals surface area contributed by atoms with Crippen molar-refractivity contribution >= 4 is 23.3 Å². The molecular weight excluding hydrogens is 322 g/mol. The minimum atomic E-state index is -0.405. The zero-order valence-corrected chi connectivity index (χ0v) is 13.4. The topological polar surface area (TPSA) is 99.3 Å². The molecule has 2 amide bonds. The minimum Gasteiger partial charge on any atom is -0.381 e. The van der Waals surface area contributed by atoms with Crippen LogP contribution in [0.1, 0.15) is 12.8 Å². The van der Waals surface area contributed by atoms with Crippen LogP contribution < -0.4 is 21.1 Å². The van der Waals surface area contributed by atoms with Gasteiger partial charge in [0.05, 0.1) is 18.5 Å². The Morgan fingerprint density at radius 2 is 2.39 bits per heavy atom. The van der Waals surface area contributed by atoms with E-state index in [-0.39, 0.29) is 17.1 Å². The van der Waals surface area contributed by atoms with Crippen LogP contribution in [0.4, 0.5) is 10.5 Å². The van der Waals surface area contributed by atoms with Crippen molar-refractivity contribution in [2.24, 2.45) is 5.92 Å². The number of anilines is 1. The molecule has 0 aromatic carbocycles. The Balaban J connectivity index is 1.48. The summed E-state index contributed by atoms with van der Waals surface area (Å²) in [5, 5.41) is 12.0. The van der Waals surface area contributed by atoms with Gasteiger partial charge in [0.1, 0.15) is 5.02 Å². The average molecular weight is 342 g/mol. The van der Waals surface area contributed by atoms with E-state index in [4.69, 9.17) is 16.3 Å². The van der Waals surface area contributed by atoms with Gasteiger partial charge in [0.25, 0.3) is 5.56 Å². The zero-order chi connectivity index (χ0) is 16.2. The monoisotopic (exact) mass is 341 g/mol. The van der Waals surface area contributed by atoms with E-state index in [0.29, 0.717) is 37.8 Å². The average Bonchev–Trinajstić information content (AvgIpc) is 3.19. The SMILES string of the molecule is O=C(NCC1CCOC1)NC1CCN(c2cn[nH]c(=O)c2Cl)C1. The van der Waals surface area contributed by atoms with E-state index in [2.05, 4.69) is 20.8 Å². The first-order valence-corrected chi connectivity index (χ1v) is 8.11. The number of rotatable bonds is 4. The van der Waals surface area contributed by atoms with Crippen LogP contribution in [0, 0.1) is 5.92 Å². The van der Waals surface area contributed by atoms with E-state index in [1.54, 1.807) is 0 Å². The highest BCUT2D eigenvalue weighted by Crippen LogP contribution is 2.24. The first-order chi connectivity index (χ1) is 11.1.